The highest BCUT2D eigenvalue weighted by Gasteiger charge is 2.03. The van der Waals surface area contributed by atoms with Gasteiger partial charge in [-0.15, -0.1) is 0 Å². The van der Waals surface area contributed by atoms with Gasteiger partial charge in [0, 0.05) is 25.2 Å². The maximum Gasteiger partial charge on any atom is 0.251 e. The lowest BCUT2D eigenvalue weighted by molar-refractivity contribution is 0.0963. The first-order chi connectivity index (χ1) is 9.02. The maximum absolute atomic E-state index is 11.5. The van der Waals surface area contributed by atoms with Crippen molar-refractivity contribution in [2.24, 2.45) is 10.7 Å². The quantitative estimate of drug-likeness (QED) is 0.545. The fourth-order valence-electron chi connectivity index (χ4n) is 1.66. The van der Waals surface area contributed by atoms with Gasteiger partial charge in [0.2, 0.25) is 0 Å². The summed E-state index contributed by atoms with van der Waals surface area (Å²) < 4.78 is 0. The fraction of sp³-hybridized carbons (Fsp3) is 0.429. The van der Waals surface area contributed by atoms with E-state index in [0.29, 0.717) is 18.1 Å². The predicted molar refractivity (Wildman–Crippen MR) is 78.3 cm³/mol. The molecule has 1 amide bonds. The number of rotatable bonds is 5. The fourth-order valence-corrected chi connectivity index (χ4v) is 1.66. The van der Waals surface area contributed by atoms with Crippen LogP contribution in [0, 0.1) is 0 Å². The monoisotopic (exact) mass is 262 g/mol. The van der Waals surface area contributed by atoms with E-state index in [1.165, 1.54) is 0 Å². The number of carbonyl (C=O) groups excluding carboxylic acids is 1. The summed E-state index contributed by atoms with van der Waals surface area (Å²) in [5, 5.41) is 5.64. The molecule has 0 unspecified atom stereocenters. The molecule has 5 nitrogen and oxygen atoms in total. The van der Waals surface area contributed by atoms with E-state index in [1.54, 1.807) is 13.1 Å². The van der Waals surface area contributed by atoms with E-state index in [1.807, 2.05) is 32.0 Å². The second kappa shape index (κ2) is 7.41. The first kappa shape index (κ1) is 15.0. The number of aliphatic imine (C=N–C) groups is 1. The highest BCUT2D eigenvalue weighted by Crippen LogP contribution is 2.06. The molecule has 0 aliphatic carbocycles. The molecule has 1 aromatic rings. The Morgan fingerprint density at radius 2 is 2.16 bits per heavy atom. The number of nitrogens with zero attached hydrogens (tertiary/aromatic N) is 1. The van der Waals surface area contributed by atoms with Crippen molar-refractivity contribution in [3.63, 3.8) is 0 Å². The van der Waals surface area contributed by atoms with Crippen molar-refractivity contribution >= 4 is 11.9 Å². The Labute approximate surface area is 114 Å². The van der Waals surface area contributed by atoms with Gasteiger partial charge in [-0.25, -0.2) is 0 Å². The van der Waals surface area contributed by atoms with Crippen LogP contribution in [0.3, 0.4) is 0 Å². The molecule has 5 heteroatoms. The second-order valence-corrected chi connectivity index (χ2v) is 4.60. The van der Waals surface area contributed by atoms with Crippen molar-refractivity contribution in [3.05, 3.63) is 35.4 Å². The SMILES string of the molecule is CNC(=O)c1cccc(CCN=C(N)NC(C)C)c1. The van der Waals surface area contributed by atoms with Crippen LogP contribution in [-0.4, -0.2) is 31.5 Å². The van der Waals surface area contributed by atoms with Crippen LogP contribution in [0.25, 0.3) is 0 Å². The van der Waals surface area contributed by atoms with Gasteiger partial charge >= 0.3 is 0 Å². The number of carbonyl (C=O) groups is 1. The van der Waals surface area contributed by atoms with Gasteiger partial charge in [0.1, 0.15) is 0 Å². The van der Waals surface area contributed by atoms with Crippen molar-refractivity contribution in [1.29, 1.82) is 0 Å². The molecule has 19 heavy (non-hydrogen) atoms. The van der Waals surface area contributed by atoms with Gasteiger partial charge in [-0.2, -0.15) is 0 Å². The number of hydrogen-bond acceptors (Lipinski definition) is 2. The van der Waals surface area contributed by atoms with Crippen LogP contribution in [0.2, 0.25) is 0 Å². The smallest absolute Gasteiger partial charge is 0.251 e. The molecule has 0 atom stereocenters. The molecule has 0 aliphatic rings. The van der Waals surface area contributed by atoms with Crippen LogP contribution in [0.1, 0.15) is 29.8 Å². The zero-order valence-electron chi connectivity index (χ0n) is 11.7. The number of nitrogens with one attached hydrogen (secondary N) is 2. The van der Waals surface area contributed by atoms with Gasteiger partial charge < -0.3 is 16.4 Å². The van der Waals surface area contributed by atoms with E-state index in [2.05, 4.69) is 15.6 Å². The molecule has 0 spiro atoms. The lowest BCUT2D eigenvalue weighted by Gasteiger charge is -2.08. The molecule has 104 valence electrons. The molecule has 0 saturated heterocycles. The molecule has 1 aromatic carbocycles. The molecule has 0 aliphatic heterocycles. The largest absolute Gasteiger partial charge is 0.370 e. The van der Waals surface area contributed by atoms with Gasteiger partial charge in [0.05, 0.1) is 0 Å². The summed E-state index contributed by atoms with van der Waals surface area (Å²) in [5.41, 5.74) is 7.45. The molecule has 4 N–H and O–H groups in total. The van der Waals surface area contributed by atoms with Gasteiger partial charge in [-0.1, -0.05) is 12.1 Å². The lowest BCUT2D eigenvalue weighted by atomic mass is 10.1. The molecule has 0 radical (unpaired) electrons. The van der Waals surface area contributed by atoms with Crippen molar-refractivity contribution < 1.29 is 4.79 Å². The Morgan fingerprint density at radius 1 is 1.42 bits per heavy atom. The minimum Gasteiger partial charge on any atom is -0.370 e. The Bertz CT molecular complexity index is 455. The van der Waals surface area contributed by atoms with Crippen molar-refractivity contribution in [2.75, 3.05) is 13.6 Å². The first-order valence-corrected chi connectivity index (χ1v) is 6.40. The summed E-state index contributed by atoms with van der Waals surface area (Å²) >= 11 is 0. The molecule has 0 heterocycles. The second-order valence-electron chi connectivity index (χ2n) is 4.60. The van der Waals surface area contributed by atoms with Crippen LogP contribution in [-0.2, 0) is 6.42 Å². The highest BCUT2D eigenvalue weighted by molar-refractivity contribution is 5.94. The standard InChI is InChI=1S/C14H22N4O/c1-10(2)18-14(15)17-8-7-11-5-4-6-12(9-11)13(19)16-3/h4-6,9-10H,7-8H2,1-3H3,(H,16,19)(H3,15,17,18). The van der Waals surface area contributed by atoms with E-state index in [-0.39, 0.29) is 11.9 Å². The van der Waals surface area contributed by atoms with Crippen LogP contribution in [0.15, 0.2) is 29.3 Å². The summed E-state index contributed by atoms with van der Waals surface area (Å²) in [4.78, 5) is 15.7. The van der Waals surface area contributed by atoms with Gasteiger partial charge in [0.15, 0.2) is 5.96 Å². The number of nitrogens with two attached hydrogens (primary N) is 1. The Morgan fingerprint density at radius 3 is 2.79 bits per heavy atom. The van der Waals surface area contributed by atoms with Gasteiger partial charge in [-0.05, 0) is 38.0 Å². The number of amides is 1. The number of benzene rings is 1. The Balaban J connectivity index is 2.56. The van der Waals surface area contributed by atoms with Gasteiger partial charge in [0.25, 0.3) is 5.91 Å². The minimum atomic E-state index is -0.0775. The van der Waals surface area contributed by atoms with Crippen molar-refractivity contribution in [1.82, 2.24) is 10.6 Å². The molecular formula is C14H22N4O. The normalized spacial score (nSPS) is 11.5. The third-order valence-corrected chi connectivity index (χ3v) is 2.54. The summed E-state index contributed by atoms with van der Waals surface area (Å²) in [7, 11) is 1.62. The zero-order chi connectivity index (χ0) is 14.3. The van der Waals surface area contributed by atoms with Crippen molar-refractivity contribution in [3.8, 4) is 0 Å². The Hall–Kier alpha value is -2.04. The van der Waals surface area contributed by atoms with E-state index in [4.69, 9.17) is 5.73 Å². The maximum atomic E-state index is 11.5. The summed E-state index contributed by atoms with van der Waals surface area (Å²) in [5.74, 6) is 0.379. The van der Waals surface area contributed by atoms with Crippen LogP contribution in [0.5, 0.6) is 0 Å². The van der Waals surface area contributed by atoms with Crippen LogP contribution >= 0.6 is 0 Å². The van der Waals surface area contributed by atoms with E-state index < -0.39 is 0 Å². The van der Waals surface area contributed by atoms with E-state index >= 15 is 0 Å². The molecule has 0 saturated carbocycles. The average Bonchev–Trinajstić information content (AvgIpc) is 2.37. The van der Waals surface area contributed by atoms with Gasteiger partial charge in [-0.3, -0.25) is 9.79 Å². The summed E-state index contributed by atoms with van der Waals surface area (Å²) in [6.45, 7) is 4.62. The molecule has 1 rings (SSSR count). The molecule has 0 fully saturated rings. The number of guanidine groups is 1. The number of hydrogen-bond donors (Lipinski definition) is 3. The van der Waals surface area contributed by atoms with Crippen LogP contribution < -0.4 is 16.4 Å². The summed E-state index contributed by atoms with van der Waals surface area (Å²) in [6, 6.07) is 7.80. The average molecular weight is 262 g/mol. The molecule has 0 aromatic heterocycles. The third-order valence-electron chi connectivity index (χ3n) is 2.54. The first-order valence-electron chi connectivity index (χ1n) is 6.40. The van der Waals surface area contributed by atoms with E-state index in [0.717, 1.165) is 12.0 Å². The zero-order valence-corrected chi connectivity index (χ0v) is 11.7. The molecule has 0 bridgehead atoms. The topological polar surface area (TPSA) is 79.5 Å². The lowest BCUT2D eigenvalue weighted by Crippen LogP contribution is -2.36. The highest BCUT2D eigenvalue weighted by atomic mass is 16.1. The van der Waals surface area contributed by atoms with Crippen molar-refractivity contribution in [2.45, 2.75) is 26.3 Å². The predicted octanol–water partition coefficient (Wildman–Crippen LogP) is 0.901. The Kier molecular flexibility index (Phi) is 5.85. The third kappa shape index (κ3) is 5.42. The van der Waals surface area contributed by atoms with E-state index in [9.17, 15) is 4.79 Å². The minimum absolute atomic E-state index is 0.0775. The van der Waals surface area contributed by atoms with Crippen LogP contribution in [0.4, 0.5) is 0 Å². The summed E-state index contributed by atoms with van der Waals surface area (Å²) in [6.07, 6.45) is 0.755. The molecular weight excluding hydrogens is 240 g/mol.